The zero-order valence-corrected chi connectivity index (χ0v) is 10.8. The van der Waals surface area contributed by atoms with E-state index in [1.807, 2.05) is 11.8 Å². The number of likely N-dealkylation sites (N-methyl/N-ethyl adjacent to an activating group) is 1. The molecule has 1 aliphatic heterocycles. The zero-order valence-electron chi connectivity index (χ0n) is 10.8. The van der Waals surface area contributed by atoms with Gasteiger partial charge in [-0.05, 0) is 51.6 Å². The molecule has 1 heterocycles. The van der Waals surface area contributed by atoms with E-state index in [0.29, 0.717) is 0 Å². The standard InChI is InChI=1S/C13H24N2O2/c1-2-15(9-11-3-4-11)13(16)10-17-12-5-7-14-8-6-12/h11-12,14H,2-10H2,1H3. The minimum absolute atomic E-state index is 0.165. The molecule has 98 valence electrons. The number of nitrogens with zero attached hydrogens (tertiary/aromatic N) is 1. The van der Waals surface area contributed by atoms with Crippen LogP contribution in [0.3, 0.4) is 0 Å². The van der Waals surface area contributed by atoms with Gasteiger partial charge in [-0.3, -0.25) is 4.79 Å². The molecule has 2 fully saturated rings. The average Bonchev–Trinajstić information content (AvgIpc) is 3.18. The van der Waals surface area contributed by atoms with Crippen LogP contribution in [-0.2, 0) is 9.53 Å². The Morgan fingerprint density at radius 1 is 1.29 bits per heavy atom. The van der Waals surface area contributed by atoms with Crippen molar-refractivity contribution in [2.75, 3.05) is 32.8 Å². The fourth-order valence-electron chi connectivity index (χ4n) is 2.26. The monoisotopic (exact) mass is 240 g/mol. The van der Waals surface area contributed by atoms with Crippen molar-refractivity contribution in [1.82, 2.24) is 10.2 Å². The molecule has 1 saturated carbocycles. The first-order valence-electron chi connectivity index (χ1n) is 6.89. The van der Waals surface area contributed by atoms with Crippen LogP contribution in [-0.4, -0.2) is 49.7 Å². The number of hydrogen-bond acceptors (Lipinski definition) is 3. The van der Waals surface area contributed by atoms with Crippen LogP contribution in [0.5, 0.6) is 0 Å². The van der Waals surface area contributed by atoms with E-state index >= 15 is 0 Å². The van der Waals surface area contributed by atoms with E-state index < -0.39 is 0 Å². The molecule has 2 rings (SSSR count). The lowest BCUT2D eigenvalue weighted by Gasteiger charge is -2.25. The Hall–Kier alpha value is -0.610. The maximum Gasteiger partial charge on any atom is 0.248 e. The molecule has 0 aromatic heterocycles. The maximum atomic E-state index is 12.0. The number of carbonyl (C=O) groups is 1. The number of rotatable bonds is 6. The number of piperidine rings is 1. The van der Waals surface area contributed by atoms with Crippen LogP contribution >= 0.6 is 0 Å². The highest BCUT2D eigenvalue weighted by Gasteiger charge is 2.26. The Morgan fingerprint density at radius 2 is 2.00 bits per heavy atom. The molecule has 2 aliphatic rings. The van der Waals surface area contributed by atoms with Crippen molar-refractivity contribution in [2.24, 2.45) is 5.92 Å². The third-order valence-corrected chi connectivity index (χ3v) is 3.64. The van der Waals surface area contributed by atoms with Gasteiger partial charge >= 0.3 is 0 Å². The van der Waals surface area contributed by atoms with E-state index in [2.05, 4.69) is 5.32 Å². The number of hydrogen-bond donors (Lipinski definition) is 1. The molecule has 1 N–H and O–H groups in total. The van der Waals surface area contributed by atoms with Crippen LogP contribution in [0, 0.1) is 5.92 Å². The minimum atomic E-state index is 0.165. The highest BCUT2D eigenvalue weighted by Crippen LogP contribution is 2.29. The summed E-state index contributed by atoms with van der Waals surface area (Å²) < 4.78 is 5.70. The minimum Gasteiger partial charge on any atom is -0.368 e. The summed E-state index contributed by atoms with van der Waals surface area (Å²) in [5.74, 6) is 0.927. The third-order valence-electron chi connectivity index (χ3n) is 3.64. The summed E-state index contributed by atoms with van der Waals surface area (Å²) in [7, 11) is 0. The molecule has 1 saturated heterocycles. The SMILES string of the molecule is CCN(CC1CC1)C(=O)COC1CCNCC1. The first-order valence-corrected chi connectivity index (χ1v) is 6.89. The van der Waals surface area contributed by atoms with Crippen molar-refractivity contribution in [2.45, 2.75) is 38.7 Å². The van der Waals surface area contributed by atoms with Gasteiger partial charge in [-0.25, -0.2) is 0 Å². The van der Waals surface area contributed by atoms with E-state index in [0.717, 1.165) is 44.9 Å². The molecular weight excluding hydrogens is 216 g/mol. The van der Waals surface area contributed by atoms with E-state index in [1.54, 1.807) is 0 Å². The van der Waals surface area contributed by atoms with E-state index in [9.17, 15) is 4.79 Å². The van der Waals surface area contributed by atoms with Gasteiger partial charge in [0.15, 0.2) is 0 Å². The molecule has 0 radical (unpaired) electrons. The van der Waals surface area contributed by atoms with Gasteiger partial charge in [0.1, 0.15) is 6.61 Å². The Balaban J connectivity index is 1.66. The van der Waals surface area contributed by atoms with Gasteiger partial charge in [0.25, 0.3) is 0 Å². The third kappa shape index (κ3) is 4.28. The molecule has 17 heavy (non-hydrogen) atoms. The summed E-state index contributed by atoms with van der Waals surface area (Å²) in [6.07, 6.45) is 4.92. The van der Waals surface area contributed by atoms with Gasteiger partial charge in [-0.15, -0.1) is 0 Å². The number of nitrogens with one attached hydrogen (secondary N) is 1. The van der Waals surface area contributed by atoms with Crippen molar-refractivity contribution in [3.8, 4) is 0 Å². The van der Waals surface area contributed by atoms with Crippen LogP contribution in [0.2, 0.25) is 0 Å². The van der Waals surface area contributed by atoms with Gasteiger partial charge in [-0.1, -0.05) is 0 Å². The quantitative estimate of drug-likeness (QED) is 0.753. The molecule has 1 amide bonds. The lowest BCUT2D eigenvalue weighted by molar-refractivity contribution is -0.138. The maximum absolute atomic E-state index is 12.0. The fourth-order valence-corrected chi connectivity index (χ4v) is 2.26. The molecule has 4 nitrogen and oxygen atoms in total. The van der Waals surface area contributed by atoms with Crippen LogP contribution in [0.1, 0.15) is 32.6 Å². The van der Waals surface area contributed by atoms with Gasteiger partial charge in [0, 0.05) is 13.1 Å². The molecule has 0 spiro atoms. The van der Waals surface area contributed by atoms with Crippen LogP contribution in [0.4, 0.5) is 0 Å². The summed E-state index contributed by atoms with van der Waals surface area (Å²) in [4.78, 5) is 13.9. The summed E-state index contributed by atoms with van der Waals surface area (Å²) in [5, 5.41) is 3.30. The Morgan fingerprint density at radius 3 is 2.59 bits per heavy atom. The normalized spacial score (nSPS) is 21.5. The molecule has 1 aliphatic carbocycles. The molecule has 0 aromatic rings. The number of amides is 1. The fraction of sp³-hybridized carbons (Fsp3) is 0.923. The summed E-state index contributed by atoms with van der Waals surface area (Å²) >= 11 is 0. The molecule has 0 atom stereocenters. The first kappa shape index (κ1) is 12.8. The second-order valence-corrected chi connectivity index (χ2v) is 5.14. The van der Waals surface area contributed by atoms with Gasteiger partial charge in [0.05, 0.1) is 6.10 Å². The van der Waals surface area contributed by atoms with Gasteiger partial charge in [0.2, 0.25) is 5.91 Å². The Labute approximate surface area is 104 Å². The molecule has 0 aromatic carbocycles. The van der Waals surface area contributed by atoms with E-state index in [4.69, 9.17) is 4.74 Å². The lowest BCUT2D eigenvalue weighted by Crippen LogP contribution is -2.38. The Kier molecular flexibility index (Phi) is 4.80. The number of carbonyl (C=O) groups excluding carboxylic acids is 1. The topological polar surface area (TPSA) is 41.6 Å². The van der Waals surface area contributed by atoms with Crippen LogP contribution in [0.15, 0.2) is 0 Å². The second-order valence-electron chi connectivity index (χ2n) is 5.14. The predicted molar refractivity (Wildman–Crippen MR) is 66.8 cm³/mol. The number of ether oxygens (including phenoxy) is 1. The zero-order chi connectivity index (χ0) is 12.1. The lowest BCUT2D eigenvalue weighted by atomic mass is 10.1. The van der Waals surface area contributed by atoms with E-state index in [1.165, 1.54) is 12.8 Å². The largest absolute Gasteiger partial charge is 0.368 e. The Bertz CT molecular complexity index is 248. The molecule has 0 unspecified atom stereocenters. The molecular formula is C13H24N2O2. The molecule has 0 bridgehead atoms. The summed E-state index contributed by atoms with van der Waals surface area (Å²) in [6, 6.07) is 0. The van der Waals surface area contributed by atoms with Gasteiger partial charge < -0.3 is 15.0 Å². The van der Waals surface area contributed by atoms with Crippen molar-refractivity contribution >= 4 is 5.91 Å². The highest BCUT2D eigenvalue weighted by atomic mass is 16.5. The van der Waals surface area contributed by atoms with E-state index in [-0.39, 0.29) is 18.6 Å². The van der Waals surface area contributed by atoms with Crippen molar-refractivity contribution in [1.29, 1.82) is 0 Å². The summed E-state index contributed by atoms with van der Waals surface area (Å²) in [6.45, 7) is 6.09. The van der Waals surface area contributed by atoms with Crippen molar-refractivity contribution in [3.63, 3.8) is 0 Å². The van der Waals surface area contributed by atoms with Crippen LogP contribution < -0.4 is 5.32 Å². The van der Waals surface area contributed by atoms with Crippen LogP contribution in [0.25, 0.3) is 0 Å². The first-order chi connectivity index (χ1) is 8.29. The molecule has 4 heteroatoms. The average molecular weight is 240 g/mol. The predicted octanol–water partition coefficient (Wildman–Crippen LogP) is 1.01. The highest BCUT2D eigenvalue weighted by molar-refractivity contribution is 5.77. The van der Waals surface area contributed by atoms with Gasteiger partial charge in [-0.2, -0.15) is 0 Å². The smallest absolute Gasteiger partial charge is 0.248 e. The van der Waals surface area contributed by atoms with Crippen molar-refractivity contribution in [3.05, 3.63) is 0 Å². The second kappa shape index (κ2) is 6.36. The van der Waals surface area contributed by atoms with Crippen molar-refractivity contribution < 1.29 is 9.53 Å². The summed E-state index contributed by atoms with van der Waals surface area (Å²) in [5.41, 5.74) is 0.